The minimum Gasteiger partial charge on any atom is -0.398 e. The van der Waals surface area contributed by atoms with Crippen LogP contribution in [0.1, 0.15) is 215 Å². The molecule has 1 aliphatic carbocycles. The predicted octanol–water partition coefficient (Wildman–Crippen LogP) is 24.6. The van der Waals surface area contributed by atoms with Crippen LogP contribution in [0.15, 0.2) is 121 Å². The van der Waals surface area contributed by atoms with Crippen molar-refractivity contribution in [3.05, 3.63) is 236 Å². The molecule has 109 heavy (non-hydrogen) atoms. The third-order valence-corrected chi connectivity index (χ3v) is 21.7. The normalized spacial score (nSPS) is 13.7. The Bertz CT molecular complexity index is 4350. The van der Waals surface area contributed by atoms with Crippen molar-refractivity contribution in [2.24, 2.45) is 10.8 Å². The summed E-state index contributed by atoms with van der Waals surface area (Å²) in [4.78, 5) is 53.8. The van der Waals surface area contributed by atoms with E-state index in [1.807, 2.05) is 112 Å². The van der Waals surface area contributed by atoms with Crippen LogP contribution in [0, 0.1) is 66.2 Å². The van der Waals surface area contributed by atoms with E-state index >= 15 is 0 Å². The molecule has 0 bridgehead atoms. The van der Waals surface area contributed by atoms with Gasteiger partial charge in [-0.15, -0.1) is 0 Å². The summed E-state index contributed by atoms with van der Waals surface area (Å²) in [6.07, 6.45) is 13.6. The summed E-state index contributed by atoms with van der Waals surface area (Å²) in [5.41, 5.74) is 46.4. The molecule has 0 spiro atoms. The van der Waals surface area contributed by atoms with E-state index in [0.29, 0.717) is 49.5 Å². The first kappa shape index (κ1) is 94.4. The number of hydrogen-bond donors (Lipinski definition) is 4. The summed E-state index contributed by atoms with van der Waals surface area (Å²) in [5.74, 6) is 0.620. The maximum absolute atomic E-state index is 12.6. The minimum atomic E-state index is -0.252. The predicted molar refractivity (Wildman–Crippen MR) is 476 cm³/mol. The zero-order valence-corrected chi connectivity index (χ0v) is 70.8. The van der Waals surface area contributed by atoms with Gasteiger partial charge in [0.25, 0.3) is 0 Å². The number of carbonyl (C=O) groups excluding carboxylic acids is 4. The molecule has 12 rings (SSSR count). The molecule has 0 saturated heterocycles. The van der Waals surface area contributed by atoms with E-state index in [1.165, 1.54) is 104 Å². The average molecular weight is 1640 g/mol. The van der Waals surface area contributed by atoms with Crippen molar-refractivity contribution >= 4 is 145 Å². The number of rotatable bonds is 10. The van der Waals surface area contributed by atoms with E-state index in [-0.39, 0.29) is 51.2 Å². The van der Waals surface area contributed by atoms with Gasteiger partial charge in [0.1, 0.15) is 5.78 Å². The zero-order valence-electron chi connectivity index (χ0n) is 65.4. The number of halogens is 6. The molecule has 3 heterocycles. The number of nitrogen functional groups attached to an aromatic ring is 3. The lowest BCUT2D eigenvalue weighted by Gasteiger charge is -2.28. The maximum Gasteiger partial charge on any atom is 0.227 e. The molecule has 0 fully saturated rings. The Morgan fingerprint density at radius 3 is 1.23 bits per heavy atom. The second-order valence-corrected chi connectivity index (χ2v) is 33.9. The van der Waals surface area contributed by atoms with E-state index in [1.54, 1.807) is 0 Å². The molecular formula is C91H119BBrCl5N7O4. The van der Waals surface area contributed by atoms with Crippen molar-refractivity contribution in [3.63, 3.8) is 0 Å². The minimum absolute atomic E-state index is 0. The molecule has 8 aromatic carbocycles. The number of Topliss-reactive ketones (excluding diaryl/α,β-unsaturated/α-hetero) is 1. The fourth-order valence-corrected chi connectivity index (χ4v) is 15.3. The lowest BCUT2D eigenvalue weighted by molar-refractivity contribution is -0.119. The van der Waals surface area contributed by atoms with E-state index in [4.69, 9.17) is 75.2 Å². The Morgan fingerprint density at radius 2 is 0.807 bits per heavy atom. The van der Waals surface area contributed by atoms with Gasteiger partial charge in [0, 0.05) is 132 Å². The van der Waals surface area contributed by atoms with Crippen LogP contribution in [0.2, 0.25) is 20.1 Å². The number of ketones is 1. The highest BCUT2D eigenvalue weighted by molar-refractivity contribution is 9.08. The molecule has 11 nitrogen and oxygen atoms in total. The number of aryl methyl sites for hydroxylation is 4. The number of nitrogens with one attached hydrogen (secondary N) is 1. The molecule has 0 aromatic heterocycles. The summed E-state index contributed by atoms with van der Waals surface area (Å²) < 4.78 is 0. The van der Waals surface area contributed by atoms with Crippen molar-refractivity contribution in [3.8, 4) is 0 Å². The van der Waals surface area contributed by atoms with Crippen molar-refractivity contribution in [2.75, 3.05) is 50.3 Å². The van der Waals surface area contributed by atoms with Crippen LogP contribution < -0.4 is 37.2 Å². The van der Waals surface area contributed by atoms with E-state index in [0.717, 1.165) is 141 Å². The molecule has 8 aromatic rings. The second kappa shape index (κ2) is 43.7. The Labute approximate surface area is 689 Å². The average Bonchev–Trinajstić information content (AvgIpc) is 1.79. The number of anilines is 7. The van der Waals surface area contributed by atoms with Crippen molar-refractivity contribution in [2.45, 2.75) is 233 Å². The quantitative estimate of drug-likeness (QED) is 0.0342. The standard InChI is InChI=1S/C25H33ClN2O.C19H21ClN2O.C19H23ClN2.C13H17NO.C7H6BrCl.C6H11ClO.2CH4.B/c1-17-14-22-21(18(2)24(17)27-23(29)15-25(3,4)5)8-6-7-13-28(22)16-19-9-11-20(26)12-10-19;1-12-10-17-16(13(2)19(12)21)4-3-5-18(23)22(17)11-14-6-8-15(20)9-7-14;1-13-11-18-17(14(2)19(13)21)5-3-4-10-22(18)12-15-6-8-16(20)9-7-15;1-8-6-10-7-11(15)4-3-5-12(10)9(2)13(8)14;8-5-6-1-3-7(9)4-2-6;1-6(2,3)4-5(7)8;;;/h9-12,14H,6-8,13,15-16H2,1-5H3,(H,27,29);6-10H,3-5,11,21H2,1-2H3;6-9,11H,3-5,10,12,21H2,1-2H3;6H,3-5,7,14H2,1-2H3;1-4H,5H2;4H2,1-3H3;2*1H4;. The van der Waals surface area contributed by atoms with Crippen LogP contribution in [-0.4, -0.2) is 44.3 Å². The van der Waals surface area contributed by atoms with Gasteiger partial charge in [-0.25, -0.2) is 0 Å². The number of amides is 2. The molecule has 3 radical (unpaired) electrons. The molecule has 18 heteroatoms. The largest absolute Gasteiger partial charge is 0.398 e. The van der Waals surface area contributed by atoms with Crippen molar-refractivity contribution < 1.29 is 19.2 Å². The lowest BCUT2D eigenvalue weighted by atomic mass is 9.91. The third-order valence-electron chi connectivity index (χ3n) is 19.9. The summed E-state index contributed by atoms with van der Waals surface area (Å²) in [6.45, 7) is 33.4. The molecular weight excluding hydrogens is 1520 g/mol. The van der Waals surface area contributed by atoms with Gasteiger partial charge in [-0.2, -0.15) is 0 Å². The van der Waals surface area contributed by atoms with Crippen LogP contribution in [0.4, 0.5) is 39.8 Å². The first-order valence-electron chi connectivity index (χ1n) is 37.1. The number of hydrogen-bond acceptors (Lipinski definition) is 9. The molecule has 2 amide bonds. The molecule has 0 atom stereocenters. The smallest absolute Gasteiger partial charge is 0.227 e. The van der Waals surface area contributed by atoms with E-state index in [9.17, 15) is 19.2 Å². The van der Waals surface area contributed by atoms with Gasteiger partial charge in [-0.05, 0) is 303 Å². The van der Waals surface area contributed by atoms with Crippen molar-refractivity contribution in [1.29, 1.82) is 0 Å². The number of nitrogens with two attached hydrogens (primary N) is 3. The Morgan fingerprint density at radius 1 is 0.450 bits per heavy atom. The Kier molecular flexibility index (Phi) is 37.9. The van der Waals surface area contributed by atoms with Crippen LogP contribution in [0.25, 0.3) is 0 Å². The lowest BCUT2D eigenvalue weighted by Crippen LogP contribution is -2.30. The second-order valence-electron chi connectivity index (χ2n) is 31.2. The first-order valence-corrected chi connectivity index (χ1v) is 40.1. The van der Waals surface area contributed by atoms with E-state index < -0.39 is 0 Å². The van der Waals surface area contributed by atoms with Crippen molar-refractivity contribution in [1.82, 2.24) is 0 Å². The third kappa shape index (κ3) is 28.3. The van der Waals surface area contributed by atoms with Crippen LogP contribution in [0.5, 0.6) is 0 Å². The number of fused-ring (bicyclic) bond motifs is 4. The molecule has 0 unspecified atom stereocenters. The molecule has 3 aliphatic heterocycles. The molecule has 7 N–H and O–H groups in total. The molecule has 587 valence electrons. The monoisotopic (exact) mass is 1640 g/mol. The summed E-state index contributed by atoms with van der Waals surface area (Å²) in [6, 6.07) is 40.4. The van der Waals surface area contributed by atoms with Crippen LogP contribution >= 0.6 is 73.9 Å². The number of carbonyl (C=O) groups is 4. The number of benzene rings is 8. The van der Waals surface area contributed by atoms with Crippen LogP contribution in [0.3, 0.4) is 0 Å². The highest BCUT2D eigenvalue weighted by Crippen LogP contribution is 2.40. The van der Waals surface area contributed by atoms with Gasteiger partial charge in [0.05, 0.1) is 6.54 Å². The van der Waals surface area contributed by atoms with Gasteiger partial charge in [-0.3, -0.25) is 19.2 Å². The molecule has 0 saturated carbocycles. The van der Waals surface area contributed by atoms with Gasteiger partial charge < -0.3 is 37.2 Å². The Balaban J connectivity index is 0.000000288. The SMILES string of the molecule is C.C.CC(C)(C)CC(=O)Cl.Cc1cc2c(c(C)c1N)CCCC(=O)C2.Cc1cc2c(c(C)c1N)CCCC(=O)N2Cc1ccc(Cl)cc1.Cc1cc2c(c(C)c1N)CCCCN2Cc1ccc(Cl)cc1.Cc1cc2c(c(C)c1NC(=O)CC(C)(C)C)CCCCN2Cc1ccc(Cl)cc1.Clc1ccc(CBr)cc1.[B]. The number of nitrogens with zero attached hydrogens (tertiary/aromatic N) is 3. The van der Waals surface area contributed by atoms with Crippen LogP contribution in [-0.2, 0) is 76.2 Å². The number of alkyl halides is 1. The Hall–Kier alpha value is -6.97. The van der Waals surface area contributed by atoms with Gasteiger partial charge in [0.2, 0.25) is 17.1 Å². The summed E-state index contributed by atoms with van der Waals surface area (Å²) in [5, 5.41) is 6.90. The van der Waals surface area contributed by atoms with Gasteiger partial charge in [0.15, 0.2) is 0 Å². The van der Waals surface area contributed by atoms with E-state index in [2.05, 4.69) is 142 Å². The summed E-state index contributed by atoms with van der Waals surface area (Å²) >= 11 is 32.1. The summed E-state index contributed by atoms with van der Waals surface area (Å²) in [7, 11) is 0. The zero-order chi connectivity index (χ0) is 77.9. The maximum atomic E-state index is 12.6. The van der Waals surface area contributed by atoms with Gasteiger partial charge in [-0.1, -0.05) is 173 Å². The molecule has 4 aliphatic rings. The fraction of sp³-hybridized carbons (Fsp3) is 0.429. The first-order chi connectivity index (χ1) is 50.0. The van der Waals surface area contributed by atoms with Gasteiger partial charge >= 0.3 is 0 Å². The topological polar surface area (TPSA) is 168 Å². The highest BCUT2D eigenvalue weighted by atomic mass is 79.9. The fourth-order valence-electron chi connectivity index (χ4n) is 14.1. The highest BCUT2D eigenvalue weighted by Gasteiger charge is 2.28.